The number of benzene rings is 2. The summed E-state index contributed by atoms with van der Waals surface area (Å²) in [6.45, 7) is 4.13. The lowest BCUT2D eigenvalue weighted by Gasteiger charge is -2.14. The van der Waals surface area contributed by atoms with E-state index in [1.807, 2.05) is 24.3 Å². The number of ether oxygens (including phenoxy) is 3. The van der Waals surface area contributed by atoms with Gasteiger partial charge in [0, 0.05) is 12.1 Å². The zero-order valence-electron chi connectivity index (χ0n) is 17.6. The molecule has 0 spiro atoms. The predicted octanol–water partition coefficient (Wildman–Crippen LogP) is 3.67. The van der Waals surface area contributed by atoms with Gasteiger partial charge in [-0.05, 0) is 47.9 Å². The molecule has 31 heavy (non-hydrogen) atoms. The summed E-state index contributed by atoms with van der Waals surface area (Å²) in [6.07, 6.45) is 9.02. The number of nitrogens with one attached hydrogen (secondary N) is 1. The van der Waals surface area contributed by atoms with Crippen molar-refractivity contribution >= 4 is 12.0 Å². The third-order valence-corrected chi connectivity index (χ3v) is 4.33. The molecule has 2 aromatic carbocycles. The number of nitriles is 1. The van der Waals surface area contributed by atoms with Gasteiger partial charge in [0.1, 0.15) is 24.0 Å². The van der Waals surface area contributed by atoms with Gasteiger partial charge in [0.2, 0.25) is 0 Å². The molecule has 0 bridgehead atoms. The largest absolute Gasteiger partial charge is 0.497 e. The summed E-state index contributed by atoms with van der Waals surface area (Å²) >= 11 is 0. The van der Waals surface area contributed by atoms with Gasteiger partial charge in [-0.1, -0.05) is 24.1 Å². The van der Waals surface area contributed by atoms with E-state index in [4.69, 9.17) is 20.6 Å². The fraction of sp³-hybridized carbons (Fsp3) is 0.200. The van der Waals surface area contributed by atoms with E-state index in [1.165, 1.54) is 13.2 Å². The van der Waals surface area contributed by atoms with E-state index < -0.39 is 5.91 Å². The van der Waals surface area contributed by atoms with Crippen LogP contribution in [0.25, 0.3) is 6.08 Å². The van der Waals surface area contributed by atoms with Crippen molar-refractivity contribution in [3.8, 4) is 35.7 Å². The second-order valence-corrected chi connectivity index (χ2v) is 6.40. The monoisotopic (exact) mass is 416 g/mol. The van der Waals surface area contributed by atoms with E-state index in [-0.39, 0.29) is 18.7 Å². The first-order chi connectivity index (χ1) is 15.1. The van der Waals surface area contributed by atoms with Crippen molar-refractivity contribution in [2.24, 2.45) is 0 Å². The smallest absolute Gasteiger partial charge is 0.262 e. The summed E-state index contributed by atoms with van der Waals surface area (Å²) in [5, 5.41) is 12.3. The number of rotatable bonds is 10. The van der Waals surface area contributed by atoms with Crippen LogP contribution in [0.4, 0.5) is 0 Å². The number of terminal acetylenes is 1. The number of hydrogen-bond donors (Lipinski definition) is 1. The van der Waals surface area contributed by atoms with E-state index in [0.29, 0.717) is 23.5 Å². The van der Waals surface area contributed by atoms with Gasteiger partial charge in [-0.2, -0.15) is 5.26 Å². The van der Waals surface area contributed by atoms with Crippen LogP contribution >= 0.6 is 0 Å². The Labute approximate surface area is 182 Å². The third kappa shape index (κ3) is 6.42. The van der Waals surface area contributed by atoms with Crippen molar-refractivity contribution in [2.45, 2.75) is 13.0 Å². The average molecular weight is 416 g/mol. The summed E-state index contributed by atoms with van der Waals surface area (Å²) in [5.41, 5.74) is 2.26. The highest BCUT2D eigenvalue weighted by molar-refractivity contribution is 6.01. The Balaban J connectivity index is 2.25. The highest BCUT2D eigenvalue weighted by atomic mass is 16.5. The maximum atomic E-state index is 12.5. The summed E-state index contributed by atoms with van der Waals surface area (Å²) in [5.74, 6) is 3.64. The fourth-order valence-electron chi connectivity index (χ4n) is 2.84. The fourth-order valence-corrected chi connectivity index (χ4v) is 2.84. The van der Waals surface area contributed by atoms with Crippen molar-refractivity contribution in [1.29, 1.82) is 5.26 Å². The minimum atomic E-state index is -0.477. The SMILES string of the molecule is C#CCOc1c(CC=C)cc(/C=C(/C#N)C(=O)NCc2ccc(OC)cc2)cc1OC. The molecular formula is C25H24N2O4. The van der Waals surface area contributed by atoms with Gasteiger partial charge in [-0.25, -0.2) is 0 Å². The molecule has 2 rings (SSSR count). The minimum Gasteiger partial charge on any atom is -0.497 e. The van der Waals surface area contributed by atoms with E-state index in [1.54, 1.807) is 31.4 Å². The molecule has 0 heterocycles. The maximum Gasteiger partial charge on any atom is 0.262 e. The van der Waals surface area contributed by atoms with Gasteiger partial charge < -0.3 is 19.5 Å². The van der Waals surface area contributed by atoms with Gasteiger partial charge in [0.05, 0.1) is 14.2 Å². The van der Waals surface area contributed by atoms with Gasteiger partial charge in [0.25, 0.3) is 5.91 Å². The summed E-state index contributed by atoms with van der Waals surface area (Å²) in [4.78, 5) is 12.5. The molecular weight excluding hydrogens is 392 g/mol. The van der Waals surface area contributed by atoms with E-state index in [0.717, 1.165) is 16.9 Å². The molecule has 0 aromatic heterocycles. The summed E-state index contributed by atoms with van der Waals surface area (Å²) in [6, 6.07) is 12.7. The molecule has 6 nitrogen and oxygen atoms in total. The van der Waals surface area contributed by atoms with Crippen molar-refractivity contribution in [2.75, 3.05) is 20.8 Å². The van der Waals surface area contributed by atoms with Crippen LogP contribution < -0.4 is 19.5 Å². The van der Waals surface area contributed by atoms with Gasteiger partial charge in [-0.15, -0.1) is 13.0 Å². The molecule has 0 aliphatic rings. The first-order valence-electron chi connectivity index (χ1n) is 9.47. The maximum absolute atomic E-state index is 12.5. The molecule has 6 heteroatoms. The van der Waals surface area contributed by atoms with Crippen LogP contribution in [0.3, 0.4) is 0 Å². The first kappa shape index (κ1) is 23.1. The molecule has 0 aliphatic carbocycles. The van der Waals surface area contributed by atoms with Crippen LogP contribution in [0, 0.1) is 23.7 Å². The first-order valence-corrected chi connectivity index (χ1v) is 9.47. The molecule has 1 N–H and O–H groups in total. The molecule has 0 saturated carbocycles. The van der Waals surface area contributed by atoms with Crippen LogP contribution in [-0.2, 0) is 17.8 Å². The molecule has 0 atom stereocenters. The Bertz CT molecular complexity index is 1040. The highest BCUT2D eigenvalue weighted by Crippen LogP contribution is 2.34. The van der Waals surface area contributed by atoms with Crippen molar-refractivity contribution in [3.05, 3.63) is 71.3 Å². The minimum absolute atomic E-state index is 0.0302. The molecule has 1 amide bonds. The van der Waals surface area contributed by atoms with Crippen LogP contribution in [-0.4, -0.2) is 26.7 Å². The molecule has 0 radical (unpaired) electrons. The number of hydrogen-bond acceptors (Lipinski definition) is 5. The molecule has 0 aliphatic heterocycles. The number of allylic oxidation sites excluding steroid dienone is 1. The Hall–Kier alpha value is -4.16. The van der Waals surface area contributed by atoms with Gasteiger partial charge >= 0.3 is 0 Å². The zero-order valence-corrected chi connectivity index (χ0v) is 17.6. The predicted molar refractivity (Wildman–Crippen MR) is 120 cm³/mol. The van der Waals surface area contributed by atoms with E-state index in [2.05, 4.69) is 17.8 Å². The second kappa shape index (κ2) is 11.7. The van der Waals surface area contributed by atoms with Crippen LogP contribution in [0.15, 0.2) is 54.6 Å². The number of carbonyl (C=O) groups is 1. The molecule has 0 saturated heterocycles. The molecule has 2 aromatic rings. The molecule has 158 valence electrons. The van der Waals surface area contributed by atoms with Crippen LogP contribution in [0.1, 0.15) is 16.7 Å². The summed E-state index contributed by atoms with van der Waals surface area (Å²) in [7, 11) is 3.10. The Kier molecular flexibility index (Phi) is 8.76. The van der Waals surface area contributed by atoms with Crippen LogP contribution in [0.5, 0.6) is 17.2 Å². The Morgan fingerprint density at radius 1 is 1.23 bits per heavy atom. The van der Waals surface area contributed by atoms with Gasteiger partial charge in [-0.3, -0.25) is 4.79 Å². The molecule has 0 unspecified atom stereocenters. The highest BCUT2D eigenvalue weighted by Gasteiger charge is 2.14. The number of methoxy groups -OCH3 is 2. The zero-order chi connectivity index (χ0) is 22.6. The summed E-state index contributed by atoms with van der Waals surface area (Å²) < 4.78 is 16.2. The Morgan fingerprint density at radius 2 is 1.97 bits per heavy atom. The average Bonchev–Trinajstić information content (AvgIpc) is 2.80. The van der Waals surface area contributed by atoms with E-state index >= 15 is 0 Å². The lowest BCUT2D eigenvalue weighted by atomic mass is 10.0. The number of nitrogens with zero attached hydrogens (tertiary/aromatic N) is 1. The second-order valence-electron chi connectivity index (χ2n) is 6.40. The Morgan fingerprint density at radius 3 is 2.55 bits per heavy atom. The standard InChI is InChI=1S/C25H24N2O4/c1-5-7-20-13-19(15-23(30-4)24(20)31-12-6-2)14-21(16-26)25(28)27-17-18-8-10-22(29-3)11-9-18/h2,5,8-11,13-15H,1,7,12,17H2,3-4H3,(H,27,28)/b21-14-. The third-order valence-electron chi connectivity index (χ3n) is 4.33. The quantitative estimate of drug-likeness (QED) is 0.277. The van der Waals surface area contributed by atoms with Crippen LogP contribution in [0.2, 0.25) is 0 Å². The van der Waals surface area contributed by atoms with Crippen molar-refractivity contribution in [3.63, 3.8) is 0 Å². The van der Waals surface area contributed by atoms with E-state index in [9.17, 15) is 10.1 Å². The number of amides is 1. The topological polar surface area (TPSA) is 80.6 Å². The number of carbonyl (C=O) groups excluding carboxylic acids is 1. The lowest BCUT2D eigenvalue weighted by Crippen LogP contribution is -2.23. The lowest BCUT2D eigenvalue weighted by molar-refractivity contribution is -0.117. The normalized spacial score (nSPS) is 10.4. The van der Waals surface area contributed by atoms with Crippen molar-refractivity contribution in [1.82, 2.24) is 5.32 Å². The van der Waals surface area contributed by atoms with Crippen molar-refractivity contribution < 1.29 is 19.0 Å². The molecule has 0 fully saturated rings. The van der Waals surface area contributed by atoms with Gasteiger partial charge in [0.15, 0.2) is 11.5 Å².